The van der Waals surface area contributed by atoms with Gasteiger partial charge in [0.1, 0.15) is 11.5 Å². The van der Waals surface area contributed by atoms with E-state index < -0.39 is 0 Å². The van der Waals surface area contributed by atoms with Crippen molar-refractivity contribution in [3.05, 3.63) is 83.7 Å². The van der Waals surface area contributed by atoms with Crippen molar-refractivity contribution in [2.24, 2.45) is 0 Å². The van der Waals surface area contributed by atoms with Gasteiger partial charge in [-0.25, -0.2) is 4.39 Å². The molecule has 4 aromatic rings. The number of rotatable bonds is 10. The fourth-order valence-corrected chi connectivity index (χ4v) is 4.27. The van der Waals surface area contributed by atoms with Crippen molar-refractivity contribution in [2.45, 2.75) is 46.1 Å². The fraction of sp³-hybridized carbons (Fsp3) is 0.310. The Morgan fingerprint density at radius 3 is 2.36 bits per heavy atom. The van der Waals surface area contributed by atoms with Gasteiger partial charge in [-0.05, 0) is 54.3 Å². The molecule has 1 heterocycles. The second-order valence-corrected chi connectivity index (χ2v) is 8.40. The van der Waals surface area contributed by atoms with Crippen LogP contribution in [0, 0.1) is 5.82 Å². The molecule has 0 N–H and O–H groups in total. The molecule has 0 saturated heterocycles. The van der Waals surface area contributed by atoms with E-state index in [0.29, 0.717) is 35.7 Å². The highest BCUT2D eigenvalue weighted by atomic mass is 19.1. The van der Waals surface area contributed by atoms with E-state index in [4.69, 9.17) is 9.47 Å². The number of aromatic nitrogens is 1. The van der Waals surface area contributed by atoms with Gasteiger partial charge in [0.05, 0.1) is 24.9 Å². The highest BCUT2D eigenvalue weighted by Gasteiger charge is 2.22. The first kappa shape index (κ1) is 22.9. The summed E-state index contributed by atoms with van der Waals surface area (Å²) in [5.41, 5.74) is 4.57. The number of aryl methyl sites for hydroxylation is 1. The van der Waals surface area contributed by atoms with Crippen LogP contribution in [0.25, 0.3) is 22.2 Å². The van der Waals surface area contributed by atoms with Crippen LogP contribution in [0.5, 0.6) is 11.5 Å². The van der Waals surface area contributed by atoms with E-state index in [-0.39, 0.29) is 5.82 Å². The number of fused-ring (bicyclic) bond motifs is 1. The normalized spacial score (nSPS) is 11.2. The minimum absolute atomic E-state index is 0.252. The van der Waals surface area contributed by atoms with Crippen LogP contribution < -0.4 is 9.47 Å². The minimum Gasteiger partial charge on any atom is -0.496 e. The molecule has 0 fully saturated rings. The van der Waals surface area contributed by atoms with Crippen molar-refractivity contribution < 1.29 is 13.9 Å². The molecule has 0 amide bonds. The maximum absolute atomic E-state index is 16.0. The van der Waals surface area contributed by atoms with Gasteiger partial charge in [0, 0.05) is 17.5 Å². The molecule has 0 radical (unpaired) electrons. The Bertz CT molecular complexity index is 1210. The Morgan fingerprint density at radius 1 is 0.879 bits per heavy atom. The van der Waals surface area contributed by atoms with Gasteiger partial charge in [-0.1, -0.05) is 63.1 Å². The van der Waals surface area contributed by atoms with Gasteiger partial charge in [0.2, 0.25) is 0 Å². The summed E-state index contributed by atoms with van der Waals surface area (Å²) in [6.07, 6.45) is 4.21. The van der Waals surface area contributed by atoms with E-state index >= 15 is 4.39 Å². The molecule has 172 valence electrons. The molecule has 1 aromatic heterocycles. The molecule has 0 saturated carbocycles. The van der Waals surface area contributed by atoms with E-state index in [0.717, 1.165) is 42.3 Å². The number of para-hydroxylation sites is 1. The van der Waals surface area contributed by atoms with Crippen LogP contribution in [-0.2, 0) is 13.0 Å². The first-order chi connectivity index (χ1) is 16.2. The molecular weight excluding hydrogens is 413 g/mol. The molecule has 0 bridgehead atoms. The van der Waals surface area contributed by atoms with Gasteiger partial charge < -0.3 is 14.0 Å². The Kier molecular flexibility index (Phi) is 7.33. The fourth-order valence-electron chi connectivity index (χ4n) is 4.27. The van der Waals surface area contributed by atoms with E-state index in [9.17, 15) is 0 Å². The Morgan fingerprint density at radius 2 is 1.64 bits per heavy atom. The predicted molar refractivity (Wildman–Crippen MR) is 134 cm³/mol. The molecule has 0 spiro atoms. The lowest BCUT2D eigenvalue weighted by Gasteiger charge is -2.14. The second kappa shape index (κ2) is 10.6. The predicted octanol–water partition coefficient (Wildman–Crippen LogP) is 7.64. The SMILES string of the molecule is CCCCOc1ccc2c(c1)c(F)c(-c1ccccc1OC)n2Cc1ccc(CCC)cc1. The van der Waals surface area contributed by atoms with E-state index in [2.05, 4.69) is 38.1 Å². The van der Waals surface area contributed by atoms with Crippen LogP contribution in [0.1, 0.15) is 44.2 Å². The van der Waals surface area contributed by atoms with Crippen molar-refractivity contribution in [2.75, 3.05) is 13.7 Å². The zero-order valence-electron chi connectivity index (χ0n) is 19.7. The summed E-state index contributed by atoms with van der Waals surface area (Å²) in [6.45, 7) is 5.51. The van der Waals surface area contributed by atoms with Gasteiger partial charge in [0.25, 0.3) is 0 Å². The maximum Gasteiger partial charge on any atom is 0.157 e. The average molecular weight is 446 g/mol. The van der Waals surface area contributed by atoms with Crippen molar-refractivity contribution >= 4 is 10.9 Å². The molecular formula is C29H32FNO2. The van der Waals surface area contributed by atoms with E-state index in [1.54, 1.807) is 7.11 Å². The topological polar surface area (TPSA) is 23.4 Å². The lowest BCUT2D eigenvalue weighted by molar-refractivity contribution is 0.309. The molecule has 0 unspecified atom stereocenters. The highest BCUT2D eigenvalue weighted by Crippen LogP contribution is 2.39. The van der Waals surface area contributed by atoms with Crippen molar-refractivity contribution in [3.63, 3.8) is 0 Å². The molecule has 0 atom stereocenters. The van der Waals surface area contributed by atoms with Crippen LogP contribution in [0.2, 0.25) is 0 Å². The van der Waals surface area contributed by atoms with Gasteiger partial charge >= 0.3 is 0 Å². The summed E-state index contributed by atoms with van der Waals surface area (Å²) in [5.74, 6) is 1.10. The maximum atomic E-state index is 16.0. The van der Waals surface area contributed by atoms with E-state index in [1.165, 1.54) is 5.56 Å². The number of unbranched alkanes of at least 4 members (excludes halogenated alkanes) is 1. The quantitative estimate of drug-likeness (QED) is 0.234. The van der Waals surface area contributed by atoms with Crippen LogP contribution >= 0.6 is 0 Å². The highest BCUT2D eigenvalue weighted by molar-refractivity contribution is 5.90. The van der Waals surface area contributed by atoms with Crippen molar-refractivity contribution in [1.82, 2.24) is 4.57 Å². The largest absolute Gasteiger partial charge is 0.496 e. The number of halogens is 1. The third-order valence-corrected chi connectivity index (χ3v) is 6.00. The monoisotopic (exact) mass is 445 g/mol. The number of methoxy groups -OCH3 is 1. The number of nitrogens with zero attached hydrogens (tertiary/aromatic N) is 1. The van der Waals surface area contributed by atoms with Crippen LogP contribution in [0.4, 0.5) is 4.39 Å². The average Bonchev–Trinajstić information content (AvgIpc) is 3.11. The third kappa shape index (κ3) is 4.90. The number of ether oxygens (including phenoxy) is 2. The summed E-state index contributed by atoms with van der Waals surface area (Å²) in [7, 11) is 1.62. The Balaban J connectivity index is 1.83. The molecule has 0 aliphatic heterocycles. The minimum atomic E-state index is -0.252. The number of benzene rings is 3. The van der Waals surface area contributed by atoms with Gasteiger partial charge in [0.15, 0.2) is 5.82 Å². The summed E-state index contributed by atoms with van der Waals surface area (Å²) < 4.78 is 29.5. The molecule has 33 heavy (non-hydrogen) atoms. The summed E-state index contributed by atoms with van der Waals surface area (Å²) in [5, 5.41) is 0.563. The van der Waals surface area contributed by atoms with Crippen molar-refractivity contribution in [3.8, 4) is 22.8 Å². The summed E-state index contributed by atoms with van der Waals surface area (Å²) in [6, 6.07) is 21.9. The second-order valence-electron chi connectivity index (χ2n) is 8.40. The first-order valence-electron chi connectivity index (χ1n) is 11.8. The third-order valence-electron chi connectivity index (χ3n) is 6.00. The van der Waals surface area contributed by atoms with E-state index in [1.807, 2.05) is 47.0 Å². The standard InChI is InChI=1S/C29H32FNO2/c1-4-6-18-33-23-16-17-26-25(19-23)28(30)29(24-10-7-8-11-27(24)32-3)31(26)20-22-14-12-21(9-5-2)13-15-22/h7-8,10-17,19H,4-6,9,18,20H2,1-3H3. The number of hydrogen-bond donors (Lipinski definition) is 0. The molecule has 0 aliphatic carbocycles. The van der Waals surface area contributed by atoms with Gasteiger partial charge in [-0.3, -0.25) is 0 Å². The molecule has 3 nitrogen and oxygen atoms in total. The Labute approximate surface area is 195 Å². The molecule has 4 rings (SSSR count). The molecule has 4 heteroatoms. The summed E-state index contributed by atoms with van der Waals surface area (Å²) in [4.78, 5) is 0. The zero-order chi connectivity index (χ0) is 23.2. The summed E-state index contributed by atoms with van der Waals surface area (Å²) >= 11 is 0. The smallest absolute Gasteiger partial charge is 0.157 e. The lowest BCUT2D eigenvalue weighted by atomic mass is 10.1. The van der Waals surface area contributed by atoms with Crippen LogP contribution in [-0.4, -0.2) is 18.3 Å². The van der Waals surface area contributed by atoms with Gasteiger partial charge in [-0.2, -0.15) is 0 Å². The van der Waals surface area contributed by atoms with Crippen LogP contribution in [0.3, 0.4) is 0 Å². The molecule has 3 aromatic carbocycles. The van der Waals surface area contributed by atoms with Gasteiger partial charge in [-0.15, -0.1) is 0 Å². The van der Waals surface area contributed by atoms with Crippen molar-refractivity contribution in [1.29, 1.82) is 0 Å². The van der Waals surface area contributed by atoms with Crippen LogP contribution in [0.15, 0.2) is 66.7 Å². The Hall–Kier alpha value is -3.27. The molecule has 0 aliphatic rings. The lowest BCUT2D eigenvalue weighted by Crippen LogP contribution is -2.03. The first-order valence-corrected chi connectivity index (χ1v) is 11.8. The zero-order valence-corrected chi connectivity index (χ0v) is 19.7. The number of hydrogen-bond acceptors (Lipinski definition) is 2.